The molecule has 2 atom stereocenters. The molecule has 0 aliphatic carbocycles. The summed E-state index contributed by atoms with van der Waals surface area (Å²) in [5.41, 5.74) is 4.73. The molecule has 0 saturated carbocycles. The van der Waals surface area contributed by atoms with Crippen LogP contribution in [0.25, 0.3) is 0 Å². The molecule has 0 aromatic heterocycles. The Kier molecular flexibility index (Phi) is 8.02. The largest absolute Gasteiger partial charge is 0.242 e. The molecule has 4 aromatic rings. The van der Waals surface area contributed by atoms with Crippen LogP contribution >= 0.6 is 7.92 Å². The maximum Gasteiger partial charge on any atom is 0.0979 e. The van der Waals surface area contributed by atoms with Crippen LogP contribution in [0, 0.1) is 13.8 Å². The Balaban J connectivity index is 1.93. The molecule has 35 heavy (non-hydrogen) atoms. The summed E-state index contributed by atoms with van der Waals surface area (Å²) in [4.78, 5) is 0. The predicted molar refractivity (Wildman–Crippen MR) is 154 cm³/mol. The summed E-state index contributed by atoms with van der Waals surface area (Å²) in [5.74, 6) is 0. The lowest BCUT2D eigenvalue weighted by molar-refractivity contribution is 0.624. The van der Waals surface area contributed by atoms with Gasteiger partial charge in [0.2, 0.25) is 0 Å². The maximum atomic E-state index is 13.4. The first kappa shape index (κ1) is 25.5. The van der Waals surface area contributed by atoms with Crippen LogP contribution < -0.4 is 20.6 Å². The minimum absolute atomic E-state index is 0.192. The predicted octanol–water partition coefficient (Wildman–Crippen LogP) is 6.20. The van der Waals surface area contributed by atoms with Crippen molar-refractivity contribution in [3.8, 4) is 0 Å². The van der Waals surface area contributed by atoms with Crippen LogP contribution in [-0.4, -0.2) is 8.96 Å². The van der Waals surface area contributed by atoms with Crippen LogP contribution in [0.3, 0.4) is 0 Å². The van der Waals surface area contributed by atoms with E-state index in [4.69, 9.17) is 0 Å². The Morgan fingerprint density at radius 3 is 1.71 bits per heavy atom. The molecule has 0 unspecified atom stereocenters. The zero-order valence-corrected chi connectivity index (χ0v) is 22.9. The Bertz CT molecular complexity index is 1240. The number of benzene rings is 4. The first-order valence-electron chi connectivity index (χ1n) is 12.0. The van der Waals surface area contributed by atoms with E-state index in [9.17, 15) is 4.21 Å². The van der Waals surface area contributed by atoms with Gasteiger partial charge in [-0.05, 0) is 69.6 Å². The minimum atomic E-state index is -1.23. The molecule has 4 aromatic carbocycles. The van der Waals surface area contributed by atoms with Crippen molar-refractivity contribution in [1.82, 2.24) is 4.72 Å². The van der Waals surface area contributed by atoms with Crippen molar-refractivity contribution in [2.75, 3.05) is 0 Å². The van der Waals surface area contributed by atoms with Crippen LogP contribution in [0.4, 0.5) is 0 Å². The van der Waals surface area contributed by atoms with Crippen LogP contribution in [0.1, 0.15) is 49.1 Å². The van der Waals surface area contributed by atoms with E-state index < -0.39 is 18.9 Å². The third-order valence-corrected chi connectivity index (χ3v) is 9.96. The fourth-order valence-electron chi connectivity index (χ4n) is 4.29. The van der Waals surface area contributed by atoms with Gasteiger partial charge in [-0.15, -0.1) is 0 Å². The van der Waals surface area contributed by atoms with E-state index in [2.05, 4.69) is 122 Å². The van der Waals surface area contributed by atoms with Gasteiger partial charge < -0.3 is 0 Å². The zero-order chi connectivity index (χ0) is 25.0. The van der Waals surface area contributed by atoms with E-state index in [1.54, 1.807) is 0 Å². The average molecular weight is 500 g/mol. The van der Waals surface area contributed by atoms with Gasteiger partial charge in [0, 0.05) is 0 Å². The summed E-state index contributed by atoms with van der Waals surface area (Å²) in [5, 5.41) is 3.89. The topological polar surface area (TPSA) is 29.1 Å². The second-order valence-electron chi connectivity index (χ2n) is 9.92. The molecule has 0 radical (unpaired) electrons. The number of hydrogen-bond acceptors (Lipinski definition) is 1. The van der Waals surface area contributed by atoms with Gasteiger partial charge in [-0.25, -0.2) is 8.93 Å². The lowest BCUT2D eigenvalue weighted by Crippen LogP contribution is -2.38. The number of aryl methyl sites for hydroxylation is 2. The second-order valence-corrected chi connectivity index (χ2v) is 14.1. The third-order valence-electron chi connectivity index (χ3n) is 5.88. The molecule has 0 bridgehead atoms. The Labute approximate surface area is 214 Å². The number of hydrogen-bond donors (Lipinski definition) is 1. The van der Waals surface area contributed by atoms with Gasteiger partial charge in [0.25, 0.3) is 0 Å². The molecule has 0 fully saturated rings. The first-order valence-corrected chi connectivity index (χ1v) is 14.5. The lowest BCUT2D eigenvalue weighted by Gasteiger charge is -2.29. The van der Waals surface area contributed by atoms with Crippen molar-refractivity contribution >= 4 is 34.8 Å². The first-order chi connectivity index (χ1) is 16.7. The van der Waals surface area contributed by atoms with E-state index in [0.717, 1.165) is 5.56 Å². The van der Waals surface area contributed by atoms with Crippen molar-refractivity contribution in [3.63, 3.8) is 0 Å². The zero-order valence-electron chi connectivity index (χ0n) is 21.2. The Morgan fingerprint density at radius 1 is 0.714 bits per heavy atom. The van der Waals surface area contributed by atoms with E-state index in [0.29, 0.717) is 0 Å². The normalized spacial score (nSPS) is 13.5. The summed E-state index contributed by atoms with van der Waals surface area (Å²) in [6, 6.07) is 36.6. The van der Waals surface area contributed by atoms with Crippen molar-refractivity contribution in [1.29, 1.82) is 0 Å². The summed E-state index contributed by atoms with van der Waals surface area (Å²) in [7, 11) is -2.03. The van der Waals surface area contributed by atoms with Gasteiger partial charge in [0.1, 0.15) is 0 Å². The molecule has 0 aliphatic heterocycles. The average Bonchev–Trinajstić information content (AvgIpc) is 2.83. The Morgan fingerprint density at radius 2 is 1.20 bits per heavy atom. The van der Waals surface area contributed by atoms with Crippen molar-refractivity contribution in [2.45, 2.75) is 45.4 Å². The monoisotopic (exact) mass is 499 g/mol. The summed E-state index contributed by atoms with van der Waals surface area (Å²) in [6.07, 6.45) is 0. The maximum absolute atomic E-state index is 13.4. The summed E-state index contributed by atoms with van der Waals surface area (Å²) in [6.45, 7) is 10.3. The van der Waals surface area contributed by atoms with Gasteiger partial charge in [0.05, 0.1) is 21.8 Å². The standard InChI is InChI=1S/C31H34NOPS/c1-23-20-24(2)22-25(21-23)30(32-35(33)31(3,4)5)28-18-12-13-19-29(28)34(26-14-8-6-9-15-26)27-16-10-7-11-17-27/h6-22,30,32H,1-5H3/t30-,35-/m1/s1. The molecule has 4 heteroatoms. The molecule has 180 valence electrons. The highest BCUT2D eigenvalue weighted by Crippen LogP contribution is 2.37. The van der Waals surface area contributed by atoms with E-state index >= 15 is 0 Å². The molecule has 2 nitrogen and oxygen atoms in total. The fraction of sp³-hybridized carbons (Fsp3) is 0.226. The fourth-order valence-corrected chi connectivity index (χ4v) is 7.61. The van der Waals surface area contributed by atoms with E-state index in [1.165, 1.54) is 32.6 Å². The Hall–Kier alpha value is -2.58. The highest BCUT2D eigenvalue weighted by atomic mass is 32.2. The van der Waals surface area contributed by atoms with E-state index in [-0.39, 0.29) is 10.8 Å². The third kappa shape index (κ3) is 6.16. The summed E-state index contributed by atoms with van der Waals surface area (Å²) < 4.78 is 16.6. The van der Waals surface area contributed by atoms with Crippen LogP contribution in [-0.2, 0) is 11.0 Å². The molecule has 0 amide bonds. The van der Waals surface area contributed by atoms with Crippen molar-refractivity contribution in [2.24, 2.45) is 0 Å². The molecular weight excluding hydrogens is 465 g/mol. The van der Waals surface area contributed by atoms with Gasteiger partial charge in [-0.2, -0.15) is 0 Å². The van der Waals surface area contributed by atoms with Crippen LogP contribution in [0.15, 0.2) is 103 Å². The summed E-state index contributed by atoms with van der Waals surface area (Å²) >= 11 is 0. The number of rotatable bonds is 7. The van der Waals surface area contributed by atoms with Crippen LogP contribution in [0.5, 0.6) is 0 Å². The molecule has 0 aliphatic rings. The minimum Gasteiger partial charge on any atom is -0.242 e. The molecule has 0 saturated heterocycles. The lowest BCUT2D eigenvalue weighted by atomic mass is 9.96. The molecule has 4 rings (SSSR count). The quantitative estimate of drug-likeness (QED) is 0.301. The SMILES string of the molecule is Cc1cc(C)cc([C@@H](N[S@](=O)C(C)(C)C)c2ccccc2P(c2ccccc2)c2ccccc2)c1. The molecule has 0 spiro atoms. The van der Waals surface area contributed by atoms with Crippen molar-refractivity contribution in [3.05, 3.63) is 125 Å². The number of nitrogens with one attached hydrogen (secondary N) is 1. The molecule has 1 N–H and O–H groups in total. The highest BCUT2D eigenvalue weighted by molar-refractivity contribution is 7.84. The van der Waals surface area contributed by atoms with Crippen LogP contribution in [0.2, 0.25) is 0 Å². The van der Waals surface area contributed by atoms with Gasteiger partial charge >= 0.3 is 0 Å². The van der Waals surface area contributed by atoms with Gasteiger partial charge in [0.15, 0.2) is 0 Å². The van der Waals surface area contributed by atoms with E-state index in [1.807, 2.05) is 20.8 Å². The van der Waals surface area contributed by atoms with Gasteiger partial charge in [-0.1, -0.05) is 114 Å². The van der Waals surface area contributed by atoms with Gasteiger partial charge in [-0.3, -0.25) is 0 Å². The molecule has 0 heterocycles. The highest BCUT2D eigenvalue weighted by Gasteiger charge is 2.29. The smallest absolute Gasteiger partial charge is 0.0979 e. The second kappa shape index (κ2) is 11.0. The van der Waals surface area contributed by atoms with Crippen molar-refractivity contribution < 1.29 is 4.21 Å². The molecular formula is C31H34NOPS.